The molecule has 0 aliphatic heterocycles. The summed E-state index contributed by atoms with van der Waals surface area (Å²) < 4.78 is 0. The number of carbonyl (C=O) groups is 1. The number of halogens is 2. The van der Waals surface area contributed by atoms with Gasteiger partial charge in [-0.1, -0.05) is 23.7 Å². The smallest absolute Gasteiger partial charge is 0.259 e. The minimum Gasteiger partial charge on any atom is -0.290 e. The molecule has 1 aromatic heterocycles. The summed E-state index contributed by atoms with van der Waals surface area (Å²) in [7, 11) is 0. The van der Waals surface area contributed by atoms with Gasteiger partial charge in [0, 0.05) is 0 Å². The summed E-state index contributed by atoms with van der Waals surface area (Å²) in [6.07, 6.45) is 1.21. The molecule has 1 heterocycles. The minimum atomic E-state index is -0.405. The Morgan fingerprint density at radius 3 is 2.65 bits per heavy atom. The average molecular weight is 269 g/mol. The van der Waals surface area contributed by atoms with Crippen molar-refractivity contribution in [3.05, 3.63) is 46.5 Å². The monoisotopic (exact) mass is 268 g/mol. The van der Waals surface area contributed by atoms with Gasteiger partial charge in [0.2, 0.25) is 11.2 Å². The summed E-state index contributed by atoms with van der Waals surface area (Å²) in [5.41, 5.74) is 0.339. The third-order valence-electron chi connectivity index (χ3n) is 1.89. The van der Waals surface area contributed by atoms with E-state index < -0.39 is 5.91 Å². The number of nitrogens with one attached hydrogen (secondary N) is 1. The summed E-state index contributed by atoms with van der Waals surface area (Å²) in [4.78, 5) is 22.9. The van der Waals surface area contributed by atoms with Gasteiger partial charge >= 0.3 is 0 Å². The third-order valence-corrected chi connectivity index (χ3v) is 2.40. The fourth-order valence-corrected chi connectivity index (χ4v) is 1.50. The number of nitrogens with zero attached hydrogens (tertiary/aromatic N) is 3. The Kier molecular flexibility index (Phi) is 3.51. The van der Waals surface area contributed by atoms with Crippen LogP contribution in [0.5, 0.6) is 0 Å². The summed E-state index contributed by atoms with van der Waals surface area (Å²) in [6, 6.07) is 6.66. The van der Waals surface area contributed by atoms with Crippen molar-refractivity contribution in [2.45, 2.75) is 0 Å². The Bertz CT molecular complexity index is 562. The van der Waals surface area contributed by atoms with Gasteiger partial charge < -0.3 is 0 Å². The first-order valence-corrected chi connectivity index (χ1v) is 5.33. The van der Waals surface area contributed by atoms with Crippen molar-refractivity contribution >= 4 is 35.1 Å². The molecule has 17 heavy (non-hydrogen) atoms. The van der Waals surface area contributed by atoms with Crippen LogP contribution in [0.25, 0.3) is 0 Å². The standard InChI is InChI=1S/C10H6Cl2N4O/c11-7-4-2-1-3-6(7)8(17)15-10-14-5-13-9(12)16-10/h1-5H,(H,13,14,15,16,17). The Morgan fingerprint density at radius 2 is 1.94 bits per heavy atom. The summed E-state index contributed by atoms with van der Waals surface area (Å²) in [6.45, 7) is 0. The lowest BCUT2D eigenvalue weighted by Crippen LogP contribution is -2.14. The van der Waals surface area contributed by atoms with Crippen molar-refractivity contribution < 1.29 is 4.79 Å². The molecule has 0 atom stereocenters. The second kappa shape index (κ2) is 5.07. The number of hydrogen-bond acceptors (Lipinski definition) is 4. The van der Waals surface area contributed by atoms with Crippen LogP contribution in [0.2, 0.25) is 10.3 Å². The summed E-state index contributed by atoms with van der Waals surface area (Å²) in [5.74, 6) is -0.326. The van der Waals surface area contributed by atoms with E-state index in [1.54, 1.807) is 24.3 Å². The number of rotatable bonds is 2. The quantitative estimate of drug-likeness (QED) is 0.909. The summed E-state index contributed by atoms with van der Waals surface area (Å²) in [5, 5.41) is 2.83. The van der Waals surface area contributed by atoms with Crippen LogP contribution in [0.3, 0.4) is 0 Å². The van der Waals surface area contributed by atoms with Crippen LogP contribution in [0.4, 0.5) is 5.95 Å². The second-order valence-corrected chi connectivity index (χ2v) is 3.76. The van der Waals surface area contributed by atoms with Gasteiger partial charge in [0.1, 0.15) is 6.33 Å². The molecule has 0 radical (unpaired) electrons. The van der Waals surface area contributed by atoms with E-state index in [0.717, 1.165) is 0 Å². The maximum Gasteiger partial charge on any atom is 0.259 e. The van der Waals surface area contributed by atoms with Crippen LogP contribution in [-0.2, 0) is 0 Å². The van der Waals surface area contributed by atoms with Crippen LogP contribution in [0, 0.1) is 0 Å². The van der Waals surface area contributed by atoms with Crippen LogP contribution in [0.1, 0.15) is 10.4 Å². The lowest BCUT2D eigenvalue weighted by atomic mass is 10.2. The van der Waals surface area contributed by atoms with Crippen molar-refractivity contribution in [1.82, 2.24) is 15.0 Å². The van der Waals surface area contributed by atoms with E-state index >= 15 is 0 Å². The van der Waals surface area contributed by atoms with Crippen LogP contribution < -0.4 is 5.32 Å². The van der Waals surface area contributed by atoms with Crippen molar-refractivity contribution in [2.75, 3.05) is 5.32 Å². The van der Waals surface area contributed by atoms with Gasteiger partial charge in [-0.05, 0) is 23.7 Å². The van der Waals surface area contributed by atoms with Gasteiger partial charge in [-0.15, -0.1) is 0 Å². The van der Waals surface area contributed by atoms with Crippen molar-refractivity contribution in [2.24, 2.45) is 0 Å². The number of amides is 1. The number of aromatic nitrogens is 3. The highest BCUT2D eigenvalue weighted by atomic mass is 35.5. The number of anilines is 1. The zero-order valence-electron chi connectivity index (χ0n) is 8.39. The van der Waals surface area contributed by atoms with E-state index in [0.29, 0.717) is 10.6 Å². The van der Waals surface area contributed by atoms with E-state index in [-0.39, 0.29) is 11.2 Å². The maximum absolute atomic E-state index is 11.8. The fraction of sp³-hybridized carbons (Fsp3) is 0. The molecule has 5 nitrogen and oxygen atoms in total. The topological polar surface area (TPSA) is 67.8 Å². The van der Waals surface area contributed by atoms with Gasteiger partial charge in [0.25, 0.3) is 5.91 Å². The minimum absolute atomic E-state index is 0.00876. The Hall–Kier alpha value is -1.72. The van der Waals surface area contributed by atoms with E-state index in [1.807, 2.05) is 0 Å². The predicted molar refractivity (Wildman–Crippen MR) is 64.2 cm³/mol. The SMILES string of the molecule is O=C(Nc1ncnc(Cl)n1)c1ccccc1Cl. The highest BCUT2D eigenvalue weighted by Gasteiger charge is 2.11. The molecule has 2 aromatic rings. The zero-order valence-corrected chi connectivity index (χ0v) is 9.90. The van der Waals surface area contributed by atoms with Crippen LogP contribution >= 0.6 is 23.2 Å². The highest BCUT2D eigenvalue weighted by molar-refractivity contribution is 6.34. The van der Waals surface area contributed by atoms with Crippen molar-refractivity contribution in [3.63, 3.8) is 0 Å². The molecule has 1 N–H and O–H groups in total. The van der Waals surface area contributed by atoms with Gasteiger partial charge in [0.15, 0.2) is 0 Å². The lowest BCUT2D eigenvalue weighted by molar-refractivity contribution is 0.102. The van der Waals surface area contributed by atoms with E-state index in [2.05, 4.69) is 20.3 Å². The van der Waals surface area contributed by atoms with Gasteiger partial charge in [-0.25, -0.2) is 9.97 Å². The first-order valence-electron chi connectivity index (χ1n) is 4.57. The van der Waals surface area contributed by atoms with Crippen molar-refractivity contribution in [3.8, 4) is 0 Å². The normalized spacial score (nSPS) is 10.0. The molecule has 86 valence electrons. The average Bonchev–Trinajstić information content (AvgIpc) is 2.29. The molecule has 0 fully saturated rings. The number of hydrogen-bond donors (Lipinski definition) is 1. The molecule has 1 aromatic carbocycles. The maximum atomic E-state index is 11.8. The third kappa shape index (κ3) is 2.89. The second-order valence-electron chi connectivity index (χ2n) is 3.01. The van der Waals surface area contributed by atoms with E-state index in [4.69, 9.17) is 23.2 Å². The molecule has 7 heteroatoms. The molecule has 0 aliphatic carbocycles. The molecule has 1 amide bonds. The van der Waals surface area contributed by atoms with E-state index in [1.165, 1.54) is 6.33 Å². The van der Waals surface area contributed by atoms with E-state index in [9.17, 15) is 4.79 Å². The molecule has 2 rings (SSSR count). The molecule has 0 unspecified atom stereocenters. The lowest BCUT2D eigenvalue weighted by Gasteiger charge is -2.04. The molecular formula is C10H6Cl2N4O. The molecular weight excluding hydrogens is 263 g/mol. The molecule has 0 bridgehead atoms. The van der Waals surface area contributed by atoms with Gasteiger partial charge in [-0.3, -0.25) is 10.1 Å². The molecule has 0 spiro atoms. The first-order chi connectivity index (χ1) is 8.16. The zero-order chi connectivity index (χ0) is 12.3. The molecule has 0 saturated heterocycles. The Morgan fingerprint density at radius 1 is 1.18 bits per heavy atom. The number of benzene rings is 1. The highest BCUT2D eigenvalue weighted by Crippen LogP contribution is 2.16. The van der Waals surface area contributed by atoms with Crippen molar-refractivity contribution in [1.29, 1.82) is 0 Å². The number of carbonyl (C=O) groups excluding carboxylic acids is 1. The summed E-state index contributed by atoms with van der Waals surface area (Å²) >= 11 is 11.4. The molecule has 0 aliphatic rings. The Balaban J connectivity index is 2.20. The van der Waals surface area contributed by atoms with Crippen LogP contribution in [0.15, 0.2) is 30.6 Å². The van der Waals surface area contributed by atoms with Gasteiger partial charge in [-0.2, -0.15) is 4.98 Å². The fourth-order valence-electron chi connectivity index (χ4n) is 1.15. The predicted octanol–water partition coefficient (Wildman–Crippen LogP) is 2.43. The molecule has 0 saturated carbocycles. The van der Waals surface area contributed by atoms with Crippen LogP contribution in [-0.4, -0.2) is 20.9 Å². The largest absolute Gasteiger partial charge is 0.290 e. The van der Waals surface area contributed by atoms with Gasteiger partial charge in [0.05, 0.1) is 10.6 Å². The first kappa shape index (κ1) is 11.8. The Labute approximate surface area is 107 Å².